The molecule has 0 N–H and O–H groups in total. The predicted octanol–water partition coefficient (Wildman–Crippen LogP) is 4.25. The van der Waals surface area contributed by atoms with Gasteiger partial charge >= 0.3 is 0 Å². The van der Waals surface area contributed by atoms with Crippen LogP contribution in [0.2, 0.25) is 0 Å². The first-order valence-electron chi connectivity index (χ1n) is 7.69. The molecule has 1 aliphatic rings. The van der Waals surface area contributed by atoms with E-state index in [1.807, 2.05) is 42.5 Å². The normalized spacial score (nSPS) is 16.5. The Morgan fingerprint density at radius 3 is 2.27 bits per heavy atom. The Morgan fingerprint density at radius 2 is 1.55 bits per heavy atom. The van der Waals surface area contributed by atoms with E-state index >= 15 is 0 Å². The van der Waals surface area contributed by atoms with Gasteiger partial charge in [-0.2, -0.15) is 0 Å². The number of hydrogen-bond acceptors (Lipinski definition) is 1. The molecule has 0 aliphatic carbocycles. The van der Waals surface area contributed by atoms with E-state index in [0.29, 0.717) is 5.92 Å². The van der Waals surface area contributed by atoms with Crippen molar-refractivity contribution in [3.8, 4) is 0 Å². The molecule has 1 unspecified atom stereocenters. The second-order valence-electron chi connectivity index (χ2n) is 5.74. The summed E-state index contributed by atoms with van der Waals surface area (Å²) in [7, 11) is 0. The minimum atomic E-state index is 0.112. The van der Waals surface area contributed by atoms with Crippen LogP contribution in [0.1, 0.15) is 39.6 Å². The van der Waals surface area contributed by atoms with Crippen LogP contribution in [0.25, 0.3) is 0 Å². The van der Waals surface area contributed by atoms with Gasteiger partial charge in [0.05, 0.1) is 5.69 Å². The molecule has 2 nitrogen and oxygen atoms in total. The third-order valence-corrected chi connectivity index (χ3v) is 4.48. The van der Waals surface area contributed by atoms with Crippen molar-refractivity contribution in [1.82, 2.24) is 4.57 Å². The SMILES string of the molecule is O=C(c1ccccc1)c1ccc2n1CCC2c1ccccc1. The van der Waals surface area contributed by atoms with Gasteiger partial charge in [0.25, 0.3) is 0 Å². The van der Waals surface area contributed by atoms with Crippen LogP contribution in [0.3, 0.4) is 0 Å². The van der Waals surface area contributed by atoms with Gasteiger partial charge in [0, 0.05) is 23.7 Å². The standard InChI is InChI=1S/C20H17NO/c22-20(16-9-5-2-6-10-16)19-12-11-18-17(13-14-21(18)19)15-7-3-1-4-8-15/h1-12,17H,13-14H2. The molecule has 1 aromatic heterocycles. The molecule has 0 saturated carbocycles. The maximum absolute atomic E-state index is 12.7. The van der Waals surface area contributed by atoms with E-state index in [1.54, 1.807) is 0 Å². The van der Waals surface area contributed by atoms with Crippen LogP contribution in [-0.2, 0) is 6.54 Å². The van der Waals surface area contributed by atoms with Gasteiger partial charge in [0.1, 0.15) is 0 Å². The Balaban J connectivity index is 1.71. The topological polar surface area (TPSA) is 22.0 Å². The van der Waals surface area contributed by atoms with Crippen LogP contribution >= 0.6 is 0 Å². The smallest absolute Gasteiger partial charge is 0.209 e. The molecule has 22 heavy (non-hydrogen) atoms. The summed E-state index contributed by atoms with van der Waals surface area (Å²) in [5, 5.41) is 0. The van der Waals surface area contributed by atoms with E-state index in [9.17, 15) is 4.79 Å². The van der Waals surface area contributed by atoms with Crippen LogP contribution in [-0.4, -0.2) is 10.4 Å². The number of ketones is 1. The van der Waals surface area contributed by atoms with Crippen molar-refractivity contribution >= 4 is 5.78 Å². The summed E-state index contributed by atoms with van der Waals surface area (Å²) in [4.78, 5) is 12.7. The summed E-state index contributed by atoms with van der Waals surface area (Å²) in [5.41, 5.74) is 4.15. The lowest BCUT2D eigenvalue weighted by Gasteiger charge is -2.09. The quantitative estimate of drug-likeness (QED) is 0.660. The Bertz CT molecular complexity index is 802. The maximum Gasteiger partial charge on any atom is 0.209 e. The van der Waals surface area contributed by atoms with E-state index in [1.165, 1.54) is 11.3 Å². The molecule has 4 rings (SSSR count). The Kier molecular flexibility index (Phi) is 3.15. The van der Waals surface area contributed by atoms with Crippen LogP contribution in [0, 0.1) is 0 Å². The second kappa shape index (κ2) is 5.30. The fourth-order valence-corrected chi connectivity index (χ4v) is 3.40. The minimum Gasteiger partial charge on any atom is -0.341 e. The Hall–Kier alpha value is -2.61. The van der Waals surface area contributed by atoms with Gasteiger partial charge in [-0.3, -0.25) is 4.79 Å². The summed E-state index contributed by atoms with van der Waals surface area (Å²) in [6.45, 7) is 0.913. The molecule has 0 fully saturated rings. The van der Waals surface area contributed by atoms with Crippen molar-refractivity contribution in [2.75, 3.05) is 0 Å². The molecule has 0 saturated heterocycles. The van der Waals surface area contributed by atoms with Crippen LogP contribution in [0.5, 0.6) is 0 Å². The van der Waals surface area contributed by atoms with Crippen molar-refractivity contribution in [3.05, 3.63) is 95.3 Å². The zero-order valence-corrected chi connectivity index (χ0v) is 12.3. The van der Waals surface area contributed by atoms with Gasteiger partial charge in [-0.1, -0.05) is 60.7 Å². The number of aromatic nitrogens is 1. The summed E-state index contributed by atoms with van der Waals surface area (Å²) in [5.74, 6) is 0.513. The number of rotatable bonds is 3. The number of hydrogen-bond donors (Lipinski definition) is 0. The number of fused-ring (bicyclic) bond motifs is 1. The van der Waals surface area contributed by atoms with Gasteiger partial charge in [0.2, 0.25) is 5.78 Å². The van der Waals surface area contributed by atoms with Gasteiger partial charge < -0.3 is 4.57 Å². The molecule has 0 bridgehead atoms. The number of nitrogens with zero attached hydrogens (tertiary/aromatic N) is 1. The predicted molar refractivity (Wildman–Crippen MR) is 87.2 cm³/mol. The fourth-order valence-electron chi connectivity index (χ4n) is 3.40. The zero-order valence-electron chi connectivity index (χ0n) is 12.3. The van der Waals surface area contributed by atoms with Gasteiger partial charge in [-0.05, 0) is 24.1 Å². The minimum absolute atomic E-state index is 0.112. The van der Waals surface area contributed by atoms with Gasteiger partial charge in [0.15, 0.2) is 0 Å². The summed E-state index contributed by atoms with van der Waals surface area (Å²) >= 11 is 0. The highest BCUT2D eigenvalue weighted by Crippen LogP contribution is 2.36. The van der Waals surface area contributed by atoms with E-state index < -0.39 is 0 Å². The maximum atomic E-state index is 12.7. The average molecular weight is 287 g/mol. The first kappa shape index (κ1) is 13.1. The van der Waals surface area contributed by atoms with Crippen molar-refractivity contribution in [1.29, 1.82) is 0 Å². The van der Waals surface area contributed by atoms with E-state index in [4.69, 9.17) is 0 Å². The third-order valence-electron chi connectivity index (χ3n) is 4.48. The summed E-state index contributed by atoms with van der Waals surface area (Å²) < 4.78 is 2.19. The lowest BCUT2D eigenvalue weighted by Crippen LogP contribution is -2.08. The Morgan fingerprint density at radius 1 is 0.864 bits per heavy atom. The second-order valence-corrected chi connectivity index (χ2v) is 5.74. The third kappa shape index (κ3) is 2.08. The zero-order chi connectivity index (χ0) is 14.9. The average Bonchev–Trinajstić information content (AvgIpc) is 3.17. The summed E-state index contributed by atoms with van der Waals surface area (Å²) in [6.07, 6.45) is 1.06. The highest BCUT2D eigenvalue weighted by Gasteiger charge is 2.27. The number of carbonyl (C=O) groups is 1. The first-order valence-corrected chi connectivity index (χ1v) is 7.69. The van der Waals surface area contributed by atoms with Crippen molar-refractivity contribution in [2.45, 2.75) is 18.9 Å². The van der Waals surface area contributed by atoms with Gasteiger partial charge in [-0.15, -0.1) is 0 Å². The molecule has 3 aromatic rings. The molecular weight excluding hydrogens is 270 g/mol. The molecule has 108 valence electrons. The molecule has 1 aliphatic heterocycles. The van der Waals surface area contributed by atoms with E-state index in [0.717, 1.165) is 24.2 Å². The molecular formula is C20H17NO. The lowest BCUT2D eigenvalue weighted by molar-refractivity contribution is 0.103. The molecule has 0 amide bonds. The number of carbonyl (C=O) groups excluding carboxylic acids is 1. The van der Waals surface area contributed by atoms with Crippen LogP contribution in [0.15, 0.2) is 72.8 Å². The van der Waals surface area contributed by atoms with E-state index in [2.05, 4.69) is 34.9 Å². The highest BCUT2D eigenvalue weighted by molar-refractivity contribution is 6.08. The largest absolute Gasteiger partial charge is 0.341 e. The number of benzene rings is 2. The Labute approximate surface area is 130 Å². The highest BCUT2D eigenvalue weighted by atomic mass is 16.1. The van der Waals surface area contributed by atoms with Gasteiger partial charge in [-0.25, -0.2) is 0 Å². The monoisotopic (exact) mass is 287 g/mol. The summed E-state index contributed by atoms with van der Waals surface area (Å²) in [6, 6.07) is 24.2. The van der Waals surface area contributed by atoms with E-state index in [-0.39, 0.29) is 5.78 Å². The molecule has 0 radical (unpaired) electrons. The molecule has 2 aromatic carbocycles. The van der Waals surface area contributed by atoms with Crippen molar-refractivity contribution < 1.29 is 4.79 Å². The molecule has 1 atom stereocenters. The lowest BCUT2D eigenvalue weighted by atomic mass is 9.95. The van der Waals surface area contributed by atoms with Crippen LogP contribution in [0.4, 0.5) is 0 Å². The van der Waals surface area contributed by atoms with Crippen molar-refractivity contribution in [2.24, 2.45) is 0 Å². The first-order chi connectivity index (χ1) is 10.8. The molecule has 2 heterocycles. The van der Waals surface area contributed by atoms with Crippen molar-refractivity contribution in [3.63, 3.8) is 0 Å². The molecule has 2 heteroatoms. The molecule has 0 spiro atoms. The fraction of sp³-hybridized carbons (Fsp3) is 0.150. The van der Waals surface area contributed by atoms with Crippen LogP contribution < -0.4 is 0 Å².